The van der Waals surface area contributed by atoms with Gasteiger partial charge in [0.15, 0.2) is 0 Å². The van der Waals surface area contributed by atoms with Crippen molar-refractivity contribution in [1.82, 2.24) is 19.7 Å². The highest BCUT2D eigenvalue weighted by Crippen LogP contribution is 2.40. The van der Waals surface area contributed by atoms with Gasteiger partial charge in [-0.05, 0) is 30.2 Å². The maximum atomic E-state index is 13.2. The molecule has 13 nitrogen and oxygen atoms in total. The molecule has 1 aromatic carbocycles. The fraction of sp³-hybridized carbons (Fsp3) is 0.476. The van der Waals surface area contributed by atoms with Crippen LogP contribution in [0.1, 0.15) is 36.1 Å². The summed E-state index contributed by atoms with van der Waals surface area (Å²) in [6.07, 6.45) is 0.143. The molecule has 0 aliphatic carbocycles. The van der Waals surface area contributed by atoms with Crippen LogP contribution >= 0.6 is 11.3 Å². The molecule has 1 aliphatic rings. The molecule has 206 valence electrons. The lowest BCUT2D eigenvalue weighted by molar-refractivity contribution is -0.497. The number of nitrogens with zero attached hydrogens (tertiary/aromatic N) is 2. The predicted molar refractivity (Wildman–Crippen MR) is 132 cm³/mol. The van der Waals surface area contributed by atoms with E-state index in [2.05, 4.69) is 10.2 Å². The number of amides is 1. The second-order valence-corrected chi connectivity index (χ2v) is 13.2. The van der Waals surface area contributed by atoms with Gasteiger partial charge >= 0.3 is 0 Å². The Hall–Kier alpha value is -1.99. The highest BCUT2D eigenvalue weighted by molar-refractivity contribution is 7.94. The number of ether oxygens (including phenoxy) is 1. The molecule has 0 spiro atoms. The topological polar surface area (TPSA) is 175 Å². The van der Waals surface area contributed by atoms with Crippen molar-refractivity contribution in [3.05, 3.63) is 47.0 Å². The molecule has 2 aromatic rings. The average molecular weight is 579 g/mol. The molecule has 37 heavy (non-hydrogen) atoms. The molecule has 1 aromatic heterocycles. The van der Waals surface area contributed by atoms with E-state index in [0.717, 1.165) is 0 Å². The molecule has 0 saturated carbocycles. The highest BCUT2D eigenvalue weighted by Gasteiger charge is 2.40. The second kappa shape index (κ2) is 12.7. The number of likely N-dealkylation sites (N-methyl/N-ethyl adjacent to an activating group) is 1. The number of methoxy groups -OCH3 is 1. The minimum Gasteiger partial charge on any atom is -0.385 e. The highest BCUT2D eigenvalue weighted by atomic mass is 32.3. The van der Waals surface area contributed by atoms with Crippen LogP contribution in [-0.4, -0.2) is 76.2 Å². The van der Waals surface area contributed by atoms with E-state index in [1.54, 1.807) is 24.3 Å². The Bertz CT molecular complexity index is 1300. The van der Waals surface area contributed by atoms with Crippen LogP contribution in [0, 0.1) is 0 Å². The SMILES string of the molecule is CCN[C@H]1CN(CCCOC)S(=O)(=O)c2sc(S(=O)(=O)NC(=O)Cc3ccccc3CON(O)O)cc21. The van der Waals surface area contributed by atoms with E-state index in [1.165, 1.54) is 17.5 Å². The van der Waals surface area contributed by atoms with Gasteiger partial charge in [-0.15, -0.1) is 11.3 Å². The van der Waals surface area contributed by atoms with Crippen LogP contribution in [0.5, 0.6) is 0 Å². The molecule has 0 radical (unpaired) electrons. The Labute approximate surface area is 219 Å². The number of carbonyl (C=O) groups excluding carboxylic acids is 1. The van der Waals surface area contributed by atoms with Crippen molar-refractivity contribution >= 4 is 37.3 Å². The van der Waals surface area contributed by atoms with Crippen molar-refractivity contribution in [2.24, 2.45) is 0 Å². The number of thiophene rings is 1. The number of carbonyl (C=O) groups is 1. The first kappa shape index (κ1) is 29.6. The minimum atomic E-state index is -4.37. The van der Waals surface area contributed by atoms with Crippen LogP contribution in [0.15, 0.2) is 38.8 Å². The van der Waals surface area contributed by atoms with E-state index in [9.17, 15) is 21.6 Å². The van der Waals surface area contributed by atoms with Crippen LogP contribution < -0.4 is 10.0 Å². The summed E-state index contributed by atoms with van der Waals surface area (Å²) in [5.74, 6) is -0.851. The van der Waals surface area contributed by atoms with Crippen molar-refractivity contribution in [2.45, 2.75) is 40.8 Å². The number of fused-ring (bicyclic) bond motifs is 1. The van der Waals surface area contributed by atoms with Gasteiger partial charge in [-0.1, -0.05) is 31.2 Å². The molecule has 16 heteroatoms. The third-order valence-corrected chi connectivity index (χ3v) is 11.0. The third-order valence-electron chi connectivity index (χ3n) is 5.56. The molecule has 1 amide bonds. The largest absolute Gasteiger partial charge is 0.385 e. The summed E-state index contributed by atoms with van der Waals surface area (Å²) in [6, 6.07) is 7.31. The van der Waals surface area contributed by atoms with Crippen LogP contribution in [0.25, 0.3) is 0 Å². The first-order chi connectivity index (χ1) is 17.5. The number of hydrogen-bond acceptors (Lipinski definition) is 12. The lowest BCUT2D eigenvalue weighted by Crippen LogP contribution is -2.43. The Morgan fingerprint density at radius 3 is 2.62 bits per heavy atom. The molecule has 2 heterocycles. The van der Waals surface area contributed by atoms with Gasteiger partial charge in [0.05, 0.1) is 18.4 Å². The first-order valence-corrected chi connectivity index (χ1v) is 15.0. The predicted octanol–water partition coefficient (Wildman–Crippen LogP) is 0.999. The van der Waals surface area contributed by atoms with Gasteiger partial charge in [-0.3, -0.25) is 15.2 Å². The Morgan fingerprint density at radius 1 is 1.27 bits per heavy atom. The van der Waals surface area contributed by atoms with Gasteiger partial charge in [0.25, 0.3) is 20.0 Å². The van der Waals surface area contributed by atoms with Gasteiger partial charge in [0, 0.05) is 38.4 Å². The van der Waals surface area contributed by atoms with Crippen molar-refractivity contribution in [2.75, 3.05) is 33.4 Å². The van der Waals surface area contributed by atoms with Gasteiger partial charge in [0.1, 0.15) is 8.42 Å². The monoisotopic (exact) mass is 578 g/mol. The van der Waals surface area contributed by atoms with E-state index in [0.29, 0.717) is 47.6 Å². The number of nitrogens with one attached hydrogen (secondary N) is 2. The van der Waals surface area contributed by atoms with E-state index >= 15 is 0 Å². The smallest absolute Gasteiger partial charge is 0.273 e. The van der Waals surface area contributed by atoms with E-state index in [-0.39, 0.29) is 34.5 Å². The zero-order valence-electron chi connectivity index (χ0n) is 20.3. The van der Waals surface area contributed by atoms with Gasteiger partial charge in [-0.25, -0.2) is 26.4 Å². The minimum absolute atomic E-state index is 0.0741. The Morgan fingerprint density at radius 2 is 1.97 bits per heavy atom. The Kier molecular flexibility index (Phi) is 10.2. The van der Waals surface area contributed by atoms with Crippen molar-refractivity contribution in [3.63, 3.8) is 0 Å². The van der Waals surface area contributed by atoms with Crippen LogP contribution in [0.4, 0.5) is 0 Å². The van der Waals surface area contributed by atoms with Crippen LogP contribution in [-0.2, 0) is 47.4 Å². The normalized spacial score (nSPS) is 17.6. The molecular weight excluding hydrogens is 548 g/mol. The quantitative estimate of drug-likeness (QED) is 0.197. The average Bonchev–Trinajstić information content (AvgIpc) is 3.29. The fourth-order valence-corrected chi connectivity index (χ4v) is 8.75. The van der Waals surface area contributed by atoms with Crippen LogP contribution in [0.2, 0.25) is 0 Å². The van der Waals surface area contributed by atoms with Gasteiger partial charge < -0.3 is 10.1 Å². The lowest BCUT2D eigenvalue weighted by Gasteiger charge is -2.32. The van der Waals surface area contributed by atoms with Gasteiger partial charge in [-0.2, -0.15) is 4.31 Å². The van der Waals surface area contributed by atoms with E-state index in [1.807, 2.05) is 11.6 Å². The standard InChI is InChI=1S/C21H30N4O9S3/c1-3-22-18-13-24(9-6-10-33-2)37(31,32)21-17(18)12-20(35-21)36(29,30)23-19(26)11-15-7-4-5-8-16(15)14-34-25(27)28/h4-5,7-8,12,18,22,27-28H,3,6,9-11,13-14H2,1-2H3,(H,23,26)/t18-/m0/s1. The number of sulfonamides is 2. The molecule has 1 aliphatic heterocycles. The zero-order chi connectivity index (χ0) is 27.2. The molecular formula is C21H30N4O9S3. The lowest BCUT2D eigenvalue weighted by atomic mass is 10.1. The summed E-state index contributed by atoms with van der Waals surface area (Å²) < 4.78 is 60.5. The van der Waals surface area contributed by atoms with Crippen molar-refractivity contribution in [1.29, 1.82) is 0 Å². The fourth-order valence-electron chi connectivity index (χ4n) is 3.88. The van der Waals surface area contributed by atoms with E-state index < -0.39 is 37.4 Å². The Balaban J connectivity index is 1.82. The third kappa shape index (κ3) is 7.32. The number of benzene rings is 1. The molecule has 3 rings (SSSR count). The molecule has 0 bridgehead atoms. The maximum Gasteiger partial charge on any atom is 0.273 e. The summed E-state index contributed by atoms with van der Waals surface area (Å²) >= 11 is 0.600. The molecule has 0 saturated heterocycles. The zero-order valence-corrected chi connectivity index (χ0v) is 22.7. The summed E-state index contributed by atoms with van der Waals surface area (Å²) in [5.41, 5.74) is 1.19. The summed E-state index contributed by atoms with van der Waals surface area (Å²) in [7, 11) is -6.77. The maximum absolute atomic E-state index is 13.2. The molecule has 0 unspecified atom stereocenters. The molecule has 0 fully saturated rings. The summed E-state index contributed by atoms with van der Waals surface area (Å²) in [4.78, 5) is 17.2. The van der Waals surface area contributed by atoms with Crippen LogP contribution in [0.3, 0.4) is 0 Å². The van der Waals surface area contributed by atoms with E-state index in [4.69, 9.17) is 15.2 Å². The number of rotatable bonds is 13. The van der Waals surface area contributed by atoms with Crippen molar-refractivity contribution < 1.29 is 41.6 Å². The van der Waals surface area contributed by atoms with Crippen molar-refractivity contribution in [3.8, 4) is 0 Å². The molecule has 1 atom stereocenters. The van der Waals surface area contributed by atoms with Gasteiger partial charge in [0.2, 0.25) is 5.91 Å². The second-order valence-electron chi connectivity index (χ2n) is 8.13. The number of hydrogen-bond donors (Lipinski definition) is 4. The first-order valence-electron chi connectivity index (χ1n) is 11.3. The summed E-state index contributed by atoms with van der Waals surface area (Å²) in [5, 5.41) is 20.2. The summed E-state index contributed by atoms with van der Waals surface area (Å²) in [6.45, 7) is 2.89. The molecule has 4 N–H and O–H groups in total.